The number of rotatable bonds is 5. The Labute approximate surface area is 203 Å². The van der Waals surface area contributed by atoms with Gasteiger partial charge in [-0.15, -0.1) is 0 Å². The third-order valence-corrected chi connectivity index (χ3v) is 11.9. The van der Waals surface area contributed by atoms with Crippen LogP contribution in [0.4, 0.5) is 0 Å². The molecule has 0 aromatic heterocycles. The Morgan fingerprint density at radius 2 is 1.64 bits per heavy atom. The fourth-order valence-electron chi connectivity index (χ4n) is 9.83. The second kappa shape index (κ2) is 8.07. The van der Waals surface area contributed by atoms with Gasteiger partial charge in [0.05, 0.1) is 17.8 Å². The largest absolute Gasteiger partial charge is 0.390 e. The standard InChI is InChI=1S/C30H52O3/c1-19(10-9-15-26(2,3)33)20-13-16-30(8)22-11-12-24-27(4,5)25(32)23(31)18-28(24,6)21(22)14-17-29(20,30)7/h19-20,23-25,31-33H,9-18H2,1-8H3/t19-,20-,23-,24+,25+,28-,29-,30+/m1/s1. The van der Waals surface area contributed by atoms with Crippen LogP contribution in [0.5, 0.6) is 0 Å². The maximum atomic E-state index is 10.9. The Morgan fingerprint density at radius 1 is 0.970 bits per heavy atom. The van der Waals surface area contributed by atoms with Crippen molar-refractivity contribution in [3.8, 4) is 0 Å². The summed E-state index contributed by atoms with van der Waals surface area (Å²) in [5.41, 5.74) is 3.20. The zero-order valence-corrected chi connectivity index (χ0v) is 22.8. The summed E-state index contributed by atoms with van der Waals surface area (Å²) in [6.45, 7) is 18.3. The molecule has 0 spiro atoms. The predicted molar refractivity (Wildman–Crippen MR) is 136 cm³/mol. The van der Waals surface area contributed by atoms with Crippen LogP contribution in [0.2, 0.25) is 0 Å². The lowest BCUT2D eigenvalue weighted by molar-refractivity contribution is -0.158. The fourth-order valence-corrected chi connectivity index (χ4v) is 9.83. The minimum atomic E-state index is -0.624. The van der Waals surface area contributed by atoms with E-state index in [0.29, 0.717) is 23.7 Å². The Bertz CT molecular complexity index is 791. The number of aliphatic hydroxyl groups is 3. The van der Waals surface area contributed by atoms with Crippen LogP contribution in [-0.4, -0.2) is 33.1 Å². The molecule has 0 aromatic rings. The molecule has 4 aliphatic rings. The summed E-state index contributed by atoms with van der Waals surface area (Å²) in [6.07, 6.45) is 10.0. The van der Waals surface area contributed by atoms with Crippen molar-refractivity contribution in [1.29, 1.82) is 0 Å². The van der Waals surface area contributed by atoms with Crippen molar-refractivity contribution in [3.05, 3.63) is 11.1 Å². The lowest BCUT2D eigenvalue weighted by atomic mass is 9.43. The van der Waals surface area contributed by atoms with Crippen LogP contribution >= 0.6 is 0 Å². The third-order valence-electron chi connectivity index (χ3n) is 11.9. The lowest BCUT2D eigenvalue weighted by Crippen LogP contribution is -2.59. The highest BCUT2D eigenvalue weighted by molar-refractivity contribution is 5.39. The highest BCUT2D eigenvalue weighted by Crippen LogP contribution is 2.72. The molecule has 0 aromatic carbocycles. The first-order chi connectivity index (χ1) is 15.1. The molecule has 3 nitrogen and oxygen atoms in total. The van der Waals surface area contributed by atoms with E-state index < -0.39 is 17.8 Å². The molecule has 190 valence electrons. The molecule has 2 saturated carbocycles. The van der Waals surface area contributed by atoms with Gasteiger partial charge in [0.2, 0.25) is 0 Å². The maximum Gasteiger partial charge on any atom is 0.0853 e. The number of allylic oxidation sites excluding steroid dienone is 2. The van der Waals surface area contributed by atoms with Gasteiger partial charge in [-0.1, -0.05) is 65.5 Å². The van der Waals surface area contributed by atoms with Gasteiger partial charge in [-0.25, -0.2) is 0 Å². The summed E-state index contributed by atoms with van der Waals surface area (Å²) in [7, 11) is 0. The Balaban J connectivity index is 1.62. The summed E-state index contributed by atoms with van der Waals surface area (Å²) in [6, 6.07) is 0. The molecule has 0 unspecified atom stereocenters. The fraction of sp³-hybridized carbons (Fsp3) is 0.933. The van der Waals surface area contributed by atoms with E-state index in [1.807, 2.05) is 13.8 Å². The molecule has 4 aliphatic carbocycles. The van der Waals surface area contributed by atoms with Crippen LogP contribution < -0.4 is 0 Å². The smallest absolute Gasteiger partial charge is 0.0853 e. The van der Waals surface area contributed by atoms with E-state index in [2.05, 4.69) is 41.5 Å². The summed E-state index contributed by atoms with van der Waals surface area (Å²) >= 11 is 0. The molecule has 0 heterocycles. The molecule has 4 rings (SSSR count). The van der Waals surface area contributed by atoms with Crippen LogP contribution in [-0.2, 0) is 0 Å². The first-order valence-corrected chi connectivity index (χ1v) is 13.9. The van der Waals surface area contributed by atoms with Crippen molar-refractivity contribution in [2.45, 2.75) is 137 Å². The van der Waals surface area contributed by atoms with Crippen LogP contribution in [0, 0.1) is 39.4 Å². The molecule has 8 atom stereocenters. The zero-order valence-electron chi connectivity index (χ0n) is 22.8. The minimum absolute atomic E-state index is 0.0104. The van der Waals surface area contributed by atoms with E-state index in [-0.39, 0.29) is 16.2 Å². The lowest BCUT2D eigenvalue weighted by Gasteiger charge is -2.63. The second-order valence-electron chi connectivity index (χ2n) is 14.6. The Kier molecular flexibility index (Phi) is 6.28. The number of aliphatic hydroxyl groups excluding tert-OH is 2. The van der Waals surface area contributed by atoms with Gasteiger partial charge < -0.3 is 15.3 Å². The molecular formula is C30H52O3. The van der Waals surface area contributed by atoms with Gasteiger partial charge in [-0.05, 0) is 105 Å². The first kappa shape index (κ1) is 25.7. The summed E-state index contributed by atoms with van der Waals surface area (Å²) in [5.74, 6) is 1.88. The van der Waals surface area contributed by atoms with E-state index in [0.717, 1.165) is 25.2 Å². The van der Waals surface area contributed by atoms with Crippen LogP contribution in [0.3, 0.4) is 0 Å². The highest BCUT2D eigenvalue weighted by atomic mass is 16.3. The molecule has 0 saturated heterocycles. The number of hydrogen-bond donors (Lipinski definition) is 3. The number of hydrogen-bond acceptors (Lipinski definition) is 3. The topological polar surface area (TPSA) is 60.7 Å². The van der Waals surface area contributed by atoms with E-state index in [4.69, 9.17) is 0 Å². The van der Waals surface area contributed by atoms with Crippen LogP contribution in [0.1, 0.15) is 120 Å². The summed E-state index contributed by atoms with van der Waals surface area (Å²) in [5, 5.41) is 31.9. The predicted octanol–water partition coefficient (Wildman–Crippen LogP) is 6.64. The average molecular weight is 461 g/mol. The molecule has 2 fully saturated rings. The van der Waals surface area contributed by atoms with Gasteiger partial charge in [0.1, 0.15) is 0 Å². The normalized spacial score (nSPS) is 45.9. The molecule has 3 N–H and O–H groups in total. The molecule has 0 bridgehead atoms. The molecule has 3 heteroatoms. The van der Waals surface area contributed by atoms with Crippen molar-refractivity contribution >= 4 is 0 Å². The average Bonchev–Trinajstić information content (AvgIpc) is 2.97. The van der Waals surface area contributed by atoms with Gasteiger partial charge in [0.15, 0.2) is 0 Å². The van der Waals surface area contributed by atoms with Crippen molar-refractivity contribution in [2.24, 2.45) is 39.4 Å². The maximum absolute atomic E-state index is 10.9. The van der Waals surface area contributed by atoms with Crippen molar-refractivity contribution in [2.75, 3.05) is 0 Å². The number of fused-ring (bicyclic) bond motifs is 4. The van der Waals surface area contributed by atoms with Crippen molar-refractivity contribution < 1.29 is 15.3 Å². The molecule has 0 amide bonds. The van der Waals surface area contributed by atoms with Gasteiger partial charge in [0, 0.05) is 0 Å². The second-order valence-corrected chi connectivity index (χ2v) is 14.6. The van der Waals surface area contributed by atoms with Crippen molar-refractivity contribution in [1.82, 2.24) is 0 Å². The zero-order chi connectivity index (χ0) is 24.6. The Hall–Kier alpha value is -0.380. The van der Waals surface area contributed by atoms with E-state index in [9.17, 15) is 15.3 Å². The SMILES string of the molecule is C[C@H](CCCC(C)(C)O)[C@H]1CC[C@@]2(C)C3=C(CC[C@]12C)[C@@]1(C)C[C@@H](O)[C@H](O)C(C)(C)[C@@H]1CC3. The summed E-state index contributed by atoms with van der Waals surface area (Å²) in [4.78, 5) is 0. The third kappa shape index (κ3) is 3.78. The monoisotopic (exact) mass is 460 g/mol. The first-order valence-electron chi connectivity index (χ1n) is 13.9. The van der Waals surface area contributed by atoms with Crippen LogP contribution in [0.15, 0.2) is 11.1 Å². The van der Waals surface area contributed by atoms with Crippen molar-refractivity contribution in [3.63, 3.8) is 0 Å². The highest BCUT2D eigenvalue weighted by Gasteiger charge is 2.64. The minimum Gasteiger partial charge on any atom is -0.390 e. The molecule has 33 heavy (non-hydrogen) atoms. The molecule has 0 radical (unpaired) electrons. The van der Waals surface area contributed by atoms with E-state index in [1.54, 1.807) is 11.1 Å². The molecular weight excluding hydrogens is 408 g/mol. The van der Waals surface area contributed by atoms with E-state index >= 15 is 0 Å². The van der Waals surface area contributed by atoms with Gasteiger partial charge >= 0.3 is 0 Å². The van der Waals surface area contributed by atoms with Gasteiger partial charge in [-0.2, -0.15) is 0 Å². The molecule has 0 aliphatic heterocycles. The van der Waals surface area contributed by atoms with Gasteiger partial charge in [0.25, 0.3) is 0 Å². The Morgan fingerprint density at radius 3 is 2.27 bits per heavy atom. The van der Waals surface area contributed by atoms with Gasteiger partial charge in [-0.3, -0.25) is 0 Å². The van der Waals surface area contributed by atoms with Crippen LogP contribution in [0.25, 0.3) is 0 Å². The summed E-state index contributed by atoms with van der Waals surface area (Å²) < 4.78 is 0. The van der Waals surface area contributed by atoms with E-state index in [1.165, 1.54) is 38.5 Å². The quantitative estimate of drug-likeness (QED) is 0.403.